The first kappa shape index (κ1) is 20.1. The molecule has 0 saturated carbocycles. The minimum absolute atomic E-state index is 0.0923. The summed E-state index contributed by atoms with van der Waals surface area (Å²) in [7, 11) is 0. The minimum Gasteiger partial charge on any atom is -0.493 e. The fourth-order valence-electron chi connectivity index (χ4n) is 2.40. The van der Waals surface area contributed by atoms with E-state index in [0.29, 0.717) is 36.3 Å². The summed E-state index contributed by atoms with van der Waals surface area (Å²) in [5.74, 6) is 1.76. The Kier molecular flexibility index (Phi) is 7.34. The van der Waals surface area contributed by atoms with Gasteiger partial charge in [0.15, 0.2) is 0 Å². The second-order valence-corrected chi connectivity index (χ2v) is 6.97. The van der Waals surface area contributed by atoms with Gasteiger partial charge in [0.2, 0.25) is 0 Å². The molecule has 1 amide bonds. The quantitative estimate of drug-likeness (QED) is 0.705. The number of ether oxygens (including phenoxy) is 2. The Balaban J connectivity index is 2.16. The molecular weight excluding hydrogens is 350 g/mol. The van der Waals surface area contributed by atoms with Crippen LogP contribution >= 0.6 is 11.6 Å². The van der Waals surface area contributed by atoms with Crippen molar-refractivity contribution in [1.82, 2.24) is 5.32 Å². The zero-order valence-corrected chi connectivity index (χ0v) is 16.5. The van der Waals surface area contributed by atoms with Crippen LogP contribution in [0.2, 0.25) is 5.02 Å². The van der Waals surface area contributed by atoms with Crippen LogP contribution in [0.25, 0.3) is 0 Å². The normalized spacial score (nSPS) is 10.7. The molecule has 0 spiro atoms. The molecule has 140 valence electrons. The summed E-state index contributed by atoms with van der Waals surface area (Å²) in [5, 5.41) is 3.63. The molecule has 0 radical (unpaired) electrons. The van der Waals surface area contributed by atoms with Crippen molar-refractivity contribution >= 4 is 17.5 Å². The zero-order chi connectivity index (χ0) is 19.1. The van der Waals surface area contributed by atoms with Gasteiger partial charge in [0.25, 0.3) is 5.91 Å². The number of benzene rings is 2. The van der Waals surface area contributed by atoms with E-state index in [2.05, 4.69) is 19.2 Å². The largest absolute Gasteiger partial charge is 0.493 e. The van der Waals surface area contributed by atoms with Crippen molar-refractivity contribution < 1.29 is 14.3 Å². The van der Waals surface area contributed by atoms with Crippen LogP contribution in [0.5, 0.6) is 11.5 Å². The van der Waals surface area contributed by atoms with Crippen molar-refractivity contribution in [2.75, 3.05) is 13.2 Å². The molecule has 2 rings (SSSR count). The minimum atomic E-state index is -0.0923. The van der Waals surface area contributed by atoms with Crippen LogP contribution in [0.15, 0.2) is 36.4 Å². The predicted octanol–water partition coefficient (Wildman–Crippen LogP) is 5.01. The van der Waals surface area contributed by atoms with Crippen LogP contribution < -0.4 is 14.8 Å². The number of amides is 1. The highest BCUT2D eigenvalue weighted by atomic mass is 35.5. The molecule has 0 fully saturated rings. The number of carbonyl (C=O) groups is 1. The molecule has 1 N–H and O–H groups in total. The fraction of sp³-hybridized carbons (Fsp3) is 0.381. The van der Waals surface area contributed by atoms with Gasteiger partial charge in [-0.2, -0.15) is 0 Å². The van der Waals surface area contributed by atoms with Crippen LogP contribution in [-0.4, -0.2) is 19.1 Å². The second-order valence-electron chi connectivity index (χ2n) is 6.56. The van der Waals surface area contributed by atoms with Gasteiger partial charge in [0.05, 0.1) is 6.61 Å². The highest BCUT2D eigenvalue weighted by molar-refractivity contribution is 6.31. The average Bonchev–Trinajstić information content (AvgIpc) is 2.61. The van der Waals surface area contributed by atoms with Gasteiger partial charge in [-0.1, -0.05) is 25.4 Å². The van der Waals surface area contributed by atoms with Gasteiger partial charge in [-0.3, -0.25) is 4.79 Å². The average molecular weight is 376 g/mol. The van der Waals surface area contributed by atoms with Gasteiger partial charge in [-0.05, 0) is 61.7 Å². The molecule has 4 nitrogen and oxygen atoms in total. The number of rotatable bonds is 8. The maximum absolute atomic E-state index is 12.3. The first-order chi connectivity index (χ1) is 12.4. The molecule has 5 heteroatoms. The lowest BCUT2D eigenvalue weighted by Gasteiger charge is -2.14. The van der Waals surface area contributed by atoms with E-state index >= 15 is 0 Å². The van der Waals surface area contributed by atoms with Crippen LogP contribution in [0, 0.1) is 12.8 Å². The van der Waals surface area contributed by atoms with Gasteiger partial charge in [0.1, 0.15) is 18.1 Å². The van der Waals surface area contributed by atoms with E-state index < -0.39 is 0 Å². The number of nitrogens with one attached hydrogen (secondary N) is 1. The fourth-order valence-corrected chi connectivity index (χ4v) is 2.51. The van der Waals surface area contributed by atoms with Gasteiger partial charge in [0, 0.05) is 22.7 Å². The Morgan fingerprint density at radius 1 is 1.15 bits per heavy atom. The number of halogens is 1. The lowest BCUT2D eigenvalue weighted by molar-refractivity contribution is 0.0949. The van der Waals surface area contributed by atoms with E-state index in [-0.39, 0.29) is 5.91 Å². The summed E-state index contributed by atoms with van der Waals surface area (Å²) in [6.07, 6.45) is 0. The Labute approximate surface area is 160 Å². The number of aryl methyl sites for hydroxylation is 1. The zero-order valence-electron chi connectivity index (χ0n) is 15.8. The molecule has 0 aromatic heterocycles. The molecule has 2 aromatic carbocycles. The highest BCUT2D eigenvalue weighted by Gasteiger charge is 2.12. The van der Waals surface area contributed by atoms with Crippen LogP contribution in [0.3, 0.4) is 0 Å². The SMILES string of the molecule is CCOc1ccc(C(=O)NCC(C)C)cc1COc1ccc(Cl)c(C)c1. The third kappa shape index (κ3) is 5.67. The van der Waals surface area contributed by atoms with Gasteiger partial charge in [-0.25, -0.2) is 0 Å². The van der Waals surface area contributed by atoms with Crippen molar-refractivity contribution in [3.8, 4) is 11.5 Å². The molecule has 0 bridgehead atoms. The summed E-state index contributed by atoms with van der Waals surface area (Å²) in [5.41, 5.74) is 2.38. The molecule has 26 heavy (non-hydrogen) atoms. The van der Waals surface area contributed by atoms with E-state index in [1.165, 1.54) is 0 Å². The molecule has 0 unspecified atom stereocenters. The second kappa shape index (κ2) is 9.48. The topological polar surface area (TPSA) is 47.6 Å². The molecule has 0 heterocycles. The van der Waals surface area contributed by atoms with E-state index in [1.807, 2.05) is 44.2 Å². The maximum Gasteiger partial charge on any atom is 0.251 e. The Hall–Kier alpha value is -2.20. The van der Waals surface area contributed by atoms with Crippen molar-refractivity contribution in [3.05, 3.63) is 58.1 Å². The standard InChI is InChI=1S/C21H26ClNO3/c1-5-25-20-9-6-16(21(24)23-12-14(2)3)11-17(20)13-26-18-7-8-19(22)15(4)10-18/h6-11,14H,5,12-13H2,1-4H3,(H,23,24). The summed E-state index contributed by atoms with van der Waals surface area (Å²) in [4.78, 5) is 12.3. The van der Waals surface area contributed by atoms with E-state index in [4.69, 9.17) is 21.1 Å². The Bertz CT molecular complexity index is 759. The lowest BCUT2D eigenvalue weighted by atomic mass is 10.1. The van der Waals surface area contributed by atoms with Gasteiger partial charge < -0.3 is 14.8 Å². The molecule has 0 atom stereocenters. The summed E-state index contributed by atoms with van der Waals surface area (Å²) in [6.45, 7) is 9.48. The van der Waals surface area contributed by atoms with Crippen molar-refractivity contribution in [2.45, 2.75) is 34.3 Å². The predicted molar refractivity (Wildman–Crippen MR) is 105 cm³/mol. The third-order valence-corrected chi connectivity index (χ3v) is 4.24. The summed E-state index contributed by atoms with van der Waals surface area (Å²) < 4.78 is 11.5. The lowest BCUT2D eigenvalue weighted by Crippen LogP contribution is -2.27. The van der Waals surface area contributed by atoms with Crippen LogP contribution in [-0.2, 0) is 6.61 Å². The highest BCUT2D eigenvalue weighted by Crippen LogP contribution is 2.25. The smallest absolute Gasteiger partial charge is 0.251 e. The van der Waals surface area contributed by atoms with Crippen molar-refractivity contribution in [1.29, 1.82) is 0 Å². The molecule has 2 aromatic rings. The summed E-state index contributed by atoms with van der Waals surface area (Å²) >= 11 is 6.05. The number of carbonyl (C=O) groups excluding carboxylic acids is 1. The first-order valence-corrected chi connectivity index (χ1v) is 9.21. The van der Waals surface area contributed by atoms with E-state index in [1.54, 1.807) is 6.07 Å². The van der Waals surface area contributed by atoms with Crippen LogP contribution in [0.1, 0.15) is 42.3 Å². The third-order valence-electron chi connectivity index (χ3n) is 3.82. The molecule has 0 aliphatic carbocycles. The number of hydrogen-bond donors (Lipinski definition) is 1. The Morgan fingerprint density at radius 3 is 2.58 bits per heavy atom. The van der Waals surface area contributed by atoms with E-state index in [0.717, 1.165) is 22.6 Å². The van der Waals surface area contributed by atoms with Crippen molar-refractivity contribution in [2.24, 2.45) is 5.92 Å². The van der Waals surface area contributed by atoms with Gasteiger partial charge in [-0.15, -0.1) is 0 Å². The van der Waals surface area contributed by atoms with Gasteiger partial charge >= 0.3 is 0 Å². The summed E-state index contributed by atoms with van der Waals surface area (Å²) in [6, 6.07) is 10.9. The van der Waals surface area contributed by atoms with Crippen molar-refractivity contribution in [3.63, 3.8) is 0 Å². The maximum atomic E-state index is 12.3. The first-order valence-electron chi connectivity index (χ1n) is 8.83. The Morgan fingerprint density at radius 2 is 1.92 bits per heavy atom. The van der Waals surface area contributed by atoms with E-state index in [9.17, 15) is 4.79 Å². The molecular formula is C21H26ClNO3. The number of hydrogen-bond acceptors (Lipinski definition) is 3. The molecule has 0 saturated heterocycles. The van der Waals surface area contributed by atoms with Crippen LogP contribution in [0.4, 0.5) is 0 Å². The monoisotopic (exact) mass is 375 g/mol. The molecule has 0 aliphatic rings. The molecule has 0 aliphatic heterocycles.